The van der Waals surface area contributed by atoms with Crippen LogP contribution in [0.5, 0.6) is 0 Å². The summed E-state index contributed by atoms with van der Waals surface area (Å²) in [6.07, 6.45) is 6.40. The van der Waals surface area contributed by atoms with E-state index in [9.17, 15) is 18.8 Å². The molecule has 1 saturated carbocycles. The average Bonchev–Trinajstić information content (AvgIpc) is 3.33. The van der Waals surface area contributed by atoms with Crippen molar-refractivity contribution in [3.05, 3.63) is 52.6 Å². The number of hydrogen-bond donors (Lipinski definition) is 2. The van der Waals surface area contributed by atoms with Gasteiger partial charge in [0.1, 0.15) is 11.0 Å². The fourth-order valence-corrected chi connectivity index (χ4v) is 3.58. The molecule has 0 atom stereocenters. The summed E-state index contributed by atoms with van der Waals surface area (Å²) in [6, 6.07) is 5.10. The Hall–Kier alpha value is -3.20. The van der Waals surface area contributed by atoms with Crippen molar-refractivity contribution >= 4 is 35.6 Å². The van der Waals surface area contributed by atoms with Crippen molar-refractivity contribution in [2.45, 2.75) is 38.6 Å². The van der Waals surface area contributed by atoms with Gasteiger partial charge in [0.25, 0.3) is 5.91 Å². The first-order valence-corrected chi connectivity index (χ1v) is 10.2. The van der Waals surface area contributed by atoms with E-state index in [1.807, 2.05) is 0 Å². The molecule has 0 spiro atoms. The lowest BCUT2D eigenvalue weighted by molar-refractivity contribution is -0.143. The van der Waals surface area contributed by atoms with Crippen molar-refractivity contribution in [3.63, 3.8) is 0 Å². The fourth-order valence-electron chi connectivity index (χ4n) is 3.24. The van der Waals surface area contributed by atoms with Gasteiger partial charge in [0.2, 0.25) is 0 Å². The molecule has 1 aromatic heterocycles. The second kappa shape index (κ2) is 10.2. The molecule has 3 amide bonds. The molecule has 1 aliphatic carbocycles. The zero-order chi connectivity index (χ0) is 22.4. The van der Waals surface area contributed by atoms with Crippen molar-refractivity contribution in [2.75, 3.05) is 6.61 Å². The lowest BCUT2D eigenvalue weighted by atomic mass is 10.2. The van der Waals surface area contributed by atoms with Gasteiger partial charge in [-0.3, -0.25) is 10.1 Å². The maximum absolute atomic E-state index is 13.1. The van der Waals surface area contributed by atoms with E-state index in [4.69, 9.17) is 16.3 Å². The molecule has 3 rings (SSSR count). The van der Waals surface area contributed by atoms with E-state index in [2.05, 4.69) is 15.7 Å². The molecule has 0 unspecified atom stereocenters. The minimum atomic E-state index is -0.781. The fraction of sp³-hybridized carbons (Fsp3) is 0.333. The van der Waals surface area contributed by atoms with Gasteiger partial charge >= 0.3 is 12.0 Å². The van der Waals surface area contributed by atoms with Gasteiger partial charge in [0.15, 0.2) is 6.61 Å². The number of imide groups is 1. The first kappa shape index (κ1) is 22.5. The molecule has 164 valence electrons. The van der Waals surface area contributed by atoms with Crippen LogP contribution in [-0.2, 0) is 14.3 Å². The topological polar surface area (TPSA) is 102 Å². The Morgan fingerprint density at radius 3 is 2.61 bits per heavy atom. The van der Waals surface area contributed by atoms with Crippen LogP contribution in [0.25, 0.3) is 11.8 Å². The minimum Gasteiger partial charge on any atom is -0.452 e. The molecule has 0 saturated heterocycles. The average molecular weight is 449 g/mol. The second-order valence-corrected chi connectivity index (χ2v) is 7.48. The molecule has 0 bridgehead atoms. The molecule has 2 aromatic rings. The summed E-state index contributed by atoms with van der Waals surface area (Å²) >= 11 is 6.34. The summed E-state index contributed by atoms with van der Waals surface area (Å²) < 4.78 is 19.4. The summed E-state index contributed by atoms with van der Waals surface area (Å²) in [6.45, 7) is 1.11. The largest absolute Gasteiger partial charge is 0.452 e. The highest BCUT2D eigenvalue weighted by atomic mass is 35.5. The number of nitrogens with one attached hydrogen (secondary N) is 2. The number of esters is 1. The van der Waals surface area contributed by atoms with Crippen molar-refractivity contribution in [1.29, 1.82) is 0 Å². The summed E-state index contributed by atoms with van der Waals surface area (Å²) in [7, 11) is 0. The van der Waals surface area contributed by atoms with Crippen LogP contribution >= 0.6 is 11.6 Å². The molecular weight excluding hydrogens is 427 g/mol. The minimum absolute atomic E-state index is 0.0714. The van der Waals surface area contributed by atoms with Crippen molar-refractivity contribution in [3.8, 4) is 5.69 Å². The van der Waals surface area contributed by atoms with Crippen molar-refractivity contribution in [1.82, 2.24) is 20.4 Å². The predicted molar refractivity (Wildman–Crippen MR) is 112 cm³/mol. The normalized spacial score (nSPS) is 14.0. The number of carbonyl (C=O) groups excluding carboxylic acids is 3. The van der Waals surface area contributed by atoms with E-state index in [-0.39, 0.29) is 17.0 Å². The standard InChI is InChI=1S/C21H22ClFN4O4/c1-13-17(20(22)27(26-13)16-8-6-14(23)7-9-16)10-11-19(29)31-12-18(28)25-21(30)24-15-4-2-3-5-15/h6-11,15H,2-5,12H2,1H3,(H2,24,25,28,30)/b11-10+. The van der Waals surface area contributed by atoms with Gasteiger partial charge in [0, 0.05) is 17.7 Å². The molecule has 2 N–H and O–H groups in total. The number of aryl methyl sites for hydroxylation is 1. The van der Waals surface area contributed by atoms with Crippen molar-refractivity contribution < 1.29 is 23.5 Å². The number of urea groups is 1. The number of rotatable bonds is 6. The molecule has 31 heavy (non-hydrogen) atoms. The number of halogens is 2. The number of carbonyl (C=O) groups is 3. The third kappa shape index (κ3) is 6.14. The molecule has 0 aliphatic heterocycles. The monoisotopic (exact) mass is 448 g/mol. The Morgan fingerprint density at radius 1 is 1.26 bits per heavy atom. The molecule has 10 heteroatoms. The Balaban J connectivity index is 1.52. The van der Waals surface area contributed by atoms with Gasteiger partial charge in [-0.05, 0) is 50.1 Å². The summed E-state index contributed by atoms with van der Waals surface area (Å²) in [5.41, 5.74) is 1.58. The van der Waals surface area contributed by atoms with Crippen LogP contribution in [0.1, 0.15) is 36.9 Å². The quantitative estimate of drug-likeness (QED) is 0.521. The first-order valence-electron chi connectivity index (χ1n) is 9.79. The Morgan fingerprint density at radius 2 is 1.94 bits per heavy atom. The highest BCUT2D eigenvalue weighted by molar-refractivity contribution is 6.31. The Kier molecular flexibility index (Phi) is 7.41. The number of hydrogen-bond acceptors (Lipinski definition) is 5. The second-order valence-electron chi connectivity index (χ2n) is 7.12. The first-order chi connectivity index (χ1) is 14.8. The Labute approximate surface area is 183 Å². The van der Waals surface area contributed by atoms with Gasteiger partial charge in [-0.15, -0.1) is 0 Å². The van der Waals surface area contributed by atoms with E-state index < -0.39 is 24.5 Å². The predicted octanol–water partition coefficient (Wildman–Crippen LogP) is 3.30. The van der Waals surface area contributed by atoms with Crippen LogP contribution < -0.4 is 10.6 Å². The lowest BCUT2D eigenvalue weighted by Crippen LogP contribution is -2.44. The van der Waals surface area contributed by atoms with Crippen LogP contribution in [0, 0.1) is 12.7 Å². The summed E-state index contributed by atoms with van der Waals surface area (Å²) in [5, 5.41) is 9.35. The lowest BCUT2D eigenvalue weighted by Gasteiger charge is -2.12. The van der Waals surface area contributed by atoms with Gasteiger partial charge in [-0.1, -0.05) is 24.4 Å². The highest BCUT2D eigenvalue weighted by Gasteiger charge is 2.18. The number of nitrogens with zero attached hydrogens (tertiary/aromatic N) is 2. The maximum Gasteiger partial charge on any atom is 0.331 e. The molecular formula is C21H22ClFN4O4. The highest BCUT2D eigenvalue weighted by Crippen LogP contribution is 2.25. The van der Waals surface area contributed by atoms with E-state index in [1.54, 1.807) is 6.92 Å². The summed E-state index contributed by atoms with van der Waals surface area (Å²) in [4.78, 5) is 35.4. The molecule has 0 radical (unpaired) electrons. The number of aromatic nitrogens is 2. The van der Waals surface area contributed by atoms with E-state index in [1.165, 1.54) is 35.0 Å². The van der Waals surface area contributed by atoms with Crippen LogP contribution in [0.4, 0.5) is 9.18 Å². The van der Waals surface area contributed by atoms with Crippen LogP contribution in [-0.4, -0.2) is 40.3 Å². The number of benzene rings is 1. The zero-order valence-electron chi connectivity index (χ0n) is 16.9. The van der Waals surface area contributed by atoms with E-state index >= 15 is 0 Å². The third-order valence-corrected chi connectivity index (χ3v) is 5.16. The van der Waals surface area contributed by atoms with Gasteiger partial charge < -0.3 is 10.1 Å². The molecule has 8 nitrogen and oxygen atoms in total. The zero-order valence-corrected chi connectivity index (χ0v) is 17.6. The van der Waals surface area contributed by atoms with Crippen molar-refractivity contribution in [2.24, 2.45) is 0 Å². The van der Waals surface area contributed by atoms with E-state index in [0.717, 1.165) is 31.8 Å². The number of ether oxygens (including phenoxy) is 1. The molecule has 1 heterocycles. The molecule has 1 aromatic carbocycles. The van der Waals surface area contributed by atoms with Crippen LogP contribution in [0.15, 0.2) is 30.3 Å². The van der Waals surface area contributed by atoms with Crippen LogP contribution in [0.3, 0.4) is 0 Å². The smallest absolute Gasteiger partial charge is 0.331 e. The Bertz CT molecular complexity index is 998. The van der Waals surface area contributed by atoms with Gasteiger partial charge in [0.05, 0.1) is 11.4 Å². The van der Waals surface area contributed by atoms with Gasteiger partial charge in [-0.25, -0.2) is 18.7 Å². The van der Waals surface area contributed by atoms with E-state index in [0.29, 0.717) is 16.9 Å². The SMILES string of the molecule is Cc1nn(-c2ccc(F)cc2)c(Cl)c1/C=C/C(=O)OCC(=O)NC(=O)NC1CCCC1. The van der Waals surface area contributed by atoms with Gasteiger partial charge in [-0.2, -0.15) is 5.10 Å². The number of amides is 3. The third-order valence-electron chi connectivity index (χ3n) is 4.79. The van der Waals surface area contributed by atoms with Crippen LogP contribution in [0.2, 0.25) is 5.15 Å². The maximum atomic E-state index is 13.1. The molecule has 1 fully saturated rings. The molecule has 1 aliphatic rings. The summed E-state index contributed by atoms with van der Waals surface area (Å²) in [5.74, 6) is -1.89.